The molecule has 0 fully saturated rings. The van der Waals surface area contributed by atoms with Crippen LogP contribution < -0.4 is 4.90 Å². The summed E-state index contributed by atoms with van der Waals surface area (Å²) in [6.45, 7) is 5.99. The summed E-state index contributed by atoms with van der Waals surface area (Å²) < 4.78 is 5.17. The largest absolute Gasteiger partial charge is 0.402 e. The van der Waals surface area contributed by atoms with E-state index in [0.717, 1.165) is 24.3 Å². The van der Waals surface area contributed by atoms with E-state index in [4.69, 9.17) is 16.3 Å². The van der Waals surface area contributed by atoms with Crippen molar-refractivity contribution in [3.05, 3.63) is 74.4 Å². The zero-order valence-corrected chi connectivity index (χ0v) is 16.1. The molecule has 1 aliphatic heterocycles. The van der Waals surface area contributed by atoms with Gasteiger partial charge in [-0.15, -0.1) is 0 Å². The second kappa shape index (κ2) is 8.22. The molecule has 0 aliphatic carbocycles. The number of ether oxygens (including phenoxy) is 1. The van der Waals surface area contributed by atoms with Crippen LogP contribution in [0.4, 0.5) is 11.4 Å². The normalized spacial score (nSPS) is 14.8. The summed E-state index contributed by atoms with van der Waals surface area (Å²) in [5.41, 5.74) is 2.06. The van der Waals surface area contributed by atoms with Gasteiger partial charge in [-0.25, -0.2) is 9.79 Å². The van der Waals surface area contributed by atoms with Gasteiger partial charge in [0.25, 0.3) is 5.69 Å². The minimum Gasteiger partial charge on any atom is -0.402 e. The number of esters is 1. The Labute approximate surface area is 167 Å². The number of carbonyl (C=O) groups excluding carboxylic acids is 1. The van der Waals surface area contributed by atoms with Crippen LogP contribution in [0.25, 0.3) is 6.08 Å². The van der Waals surface area contributed by atoms with Gasteiger partial charge in [-0.05, 0) is 49.8 Å². The smallest absolute Gasteiger partial charge is 0.363 e. The number of nitro benzene ring substituents is 1. The third-order valence-electron chi connectivity index (χ3n) is 4.34. The van der Waals surface area contributed by atoms with E-state index in [0.29, 0.717) is 5.56 Å². The fourth-order valence-corrected chi connectivity index (χ4v) is 3.03. The number of halogens is 1. The number of carbonyl (C=O) groups is 1. The number of hydrogen-bond acceptors (Lipinski definition) is 6. The van der Waals surface area contributed by atoms with Crippen LogP contribution in [0.15, 0.2) is 53.2 Å². The summed E-state index contributed by atoms with van der Waals surface area (Å²) >= 11 is 5.81. The van der Waals surface area contributed by atoms with Gasteiger partial charge in [-0.1, -0.05) is 23.7 Å². The minimum atomic E-state index is -0.611. The van der Waals surface area contributed by atoms with Gasteiger partial charge in [-0.3, -0.25) is 10.1 Å². The molecule has 7 nitrogen and oxygen atoms in total. The highest BCUT2D eigenvalue weighted by molar-refractivity contribution is 6.32. The van der Waals surface area contributed by atoms with Crippen molar-refractivity contribution in [2.75, 3.05) is 18.0 Å². The molecule has 0 radical (unpaired) electrons. The molecule has 28 heavy (non-hydrogen) atoms. The highest BCUT2D eigenvalue weighted by Gasteiger charge is 2.26. The molecule has 0 unspecified atom stereocenters. The molecule has 144 valence electrons. The van der Waals surface area contributed by atoms with Crippen molar-refractivity contribution in [2.45, 2.75) is 13.8 Å². The number of nitro groups is 1. The molecule has 2 aromatic carbocycles. The lowest BCUT2D eigenvalue weighted by molar-refractivity contribution is -0.384. The van der Waals surface area contributed by atoms with Crippen molar-refractivity contribution in [3.63, 3.8) is 0 Å². The Morgan fingerprint density at radius 2 is 1.86 bits per heavy atom. The van der Waals surface area contributed by atoms with Crippen LogP contribution in [0.3, 0.4) is 0 Å². The van der Waals surface area contributed by atoms with Crippen molar-refractivity contribution in [2.24, 2.45) is 4.99 Å². The van der Waals surface area contributed by atoms with Crippen molar-refractivity contribution < 1.29 is 14.5 Å². The predicted molar refractivity (Wildman–Crippen MR) is 109 cm³/mol. The maximum Gasteiger partial charge on any atom is 0.363 e. The van der Waals surface area contributed by atoms with Gasteiger partial charge < -0.3 is 9.64 Å². The Hall–Kier alpha value is -3.19. The molecule has 0 saturated heterocycles. The summed E-state index contributed by atoms with van der Waals surface area (Å²) in [7, 11) is 0. The lowest BCUT2D eigenvalue weighted by Gasteiger charge is -2.20. The molecule has 0 bridgehead atoms. The highest BCUT2D eigenvalue weighted by atomic mass is 35.5. The van der Waals surface area contributed by atoms with Crippen LogP contribution >= 0.6 is 11.6 Å². The maximum absolute atomic E-state index is 12.1. The average Bonchev–Trinajstić information content (AvgIpc) is 3.04. The van der Waals surface area contributed by atoms with E-state index in [1.165, 1.54) is 18.2 Å². The van der Waals surface area contributed by atoms with Crippen molar-refractivity contribution in [1.82, 2.24) is 0 Å². The number of aliphatic imine (C=N–C) groups is 1. The predicted octanol–water partition coefficient (Wildman–Crippen LogP) is 4.44. The Kier molecular flexibility index (Phi) is 5.75. The Balaban J connectivity index is 1.88. The summed E-state index contributed by atoms with van der Waals surface area (Å²) in [5.74, 6) is -0.601. The number of nitrogens with zero attached hydrogens (tertiary/aromatic N) is 3. The lowest BCUT2D eigenvalue weighted by Crippen LogP contribution is -2.21. The minimum absolute atomic E-state index is 0.00253. The van der Waals surface area contributed by atoms with Gasteiger partial charge in [0.05, 0.1) is 4.92 Å². The van der Waals surface area contributed by atoms with Gasteiger partial charge in [0.1, 0.15) is 5.02 Å². The van der Waals surface area contributed by atoms with E-state index >= 15 is 0 Å². The Morgan fingerprint density at radius 3 is 2.46 bits per heavy atom. The molecule has 0 spiro atoms. The first kappa shape index (κ1) is 19.6. The fourth-order valence-electron chi connectivity index (χ4n) is 2.85. The first-order valence-corrected chi connectivity index (χ1v) is 9.12. The molecule has 0 atom stereocenters. The van der Waals surface area contributed by atoms with Crippen LogP contribution in [0.1, 0.15) is 25.0 Å². The molecule has 2 aromatic rings. The molecule has 0 saturated carbocycles. The highest BCUT2D eigenvalue weighted by Crippen LogP contribution is 2.27. The lowest BCUT2D eigenvalue weighted by atomic mass is 10.1. The van der Waals surface area contributed by atoms with Gasteiger partial charge in [0, 0.05) is 30.4 Å². The second-order valence-corrected chi connectivity index (χ2v) is 6.43. The van der Waals surface area contributed by atoms with Crippen LogP contribution in [0.5, 0.6) is 0 Å². The van der Waals surface area contributed by atoms with Crippen LogP contribution in [0.2, 0.25) is 5.02 Å². The van der Waals surface area contributed by atoms with E-state index in [9.17, 15) is 14.9 Å². The topological polar surface area (TPSA) is 85.0 Å². The summed E-state index contributed by atoms with van der Waals surface area (Å²) in [6.07, 6.45) is 1.62. The van der Waals surface area contributed by atoms with E-state index < -0.39 is 10.9 Å². The molecule has 3 rings (SSSR count). The van der Waals surface area contributed by atoms with Gasteiger partial charge in [0.15, 0.2) is 5.70 Å². The van der Waals surface area contributed by atoms with Gasteiger partial charge >= 0.3 is 5.97 Å². The maximum atomic E-state index is 12.1. The van der Waals surface area contributed by atoms with E-state index in [1.54, 1.807) is 6.08 Å². The molecule has 8 heteroatoms. The summed E-state index contributed by atoms with van der Waals surface area (Å²) in [5, 5.41) is 11.0. The molecule has 0 aromatic heterocycles. The standard InChI is InChI=1S/C20H18ClN3O4/c1-3-23(4-2)15-8-5-13(6-9-15)11-17-20(25)28-19(22-17)14-7-10-16(21)18(12-14)24(26)27/h5-12H,3-4H2,1-2H3/b17-11+. The van der Waals surface area contributed by atoms with Crippen LogP contribution in [-0.4, -0.2) is 29.9 Å². The molecule has 1 heterocycles. The number of cyclic esters (lactones) is 1. The number of anilines is 1. The van der Waals surface area contributed by atoms with Crippen molar-refractivity contribution >= 4 is 40.9 Å². The van der Waals surface area contributed by atoms with Crippen LogP contribution in [0, 0.1) is 10.1 Å². The van der Waals surface area contributed by atoms with Crippen LogP contribution in [-0.2, 0) is 9.53 Å². The second-order valence-electron chi connectivity index (χ2n) is 6.02. The first-order chi connectivity index (χ1) is 13.4. The third kappa shape index (κ3) is 4.04. The average molecular weight is 400 g/mol. The summed E-state index contributed by atoms with van der Waals surface area (Å²) in [4.78, 5) is 29.0. The Morgan fingerprint density at radius 1 is 1.18 bits per heavy atom. The van der Waals surface area contributed by atoms with Gasteiger partial charge in [0.2, 0.25) is 5.90 Å². The number of rotatable bonds is 6. The van der Waals surface area contributed by atoms with Crippen molar-refractivity contribution in [3.8, 4) is 0 Å². The van der Waals surface area contributed by atoms with E-state index in [-0.39, 0.29) is 22.3 Å². The monoisotopic (exact) mass is 399 g/mol. The van der Waals surface area contributed by atoms with Crippen molar-refractivity contribution in [1.29, 1.82) is 0 Å². The van der Waals surface area contributed by atoms with E-state index in [1.807, 2.05) is 24.3 Å². The fraction of sp³-hybridized carbons (Fsp3) is 0.200. The Bertz CT molecular complexity index is 979. The number of hydrogen-bond donors (Lipinski definition) is 0. The third-order valence-corrected chi connectivity index (χ3v) is 4.65. The quantitative estimate of drug-likeness (QED) is 0.310. The SMILES string of the molecule is CCN(CC)c1ccc(/C=C2/N=C(c3ccc(Cl)c([N+](=O)[O-])c3)OC2=O)cc1. The molecule has 0 amide bonds. The molecular formula is C20H18ClN3O4. The summed E-state index contributed by atoms with van der Waals surface area (Å²) in [6, 6.07) is 11.9. The zero-order chi connectivity index (χ0) is 20.3. The first-order valence-electron chi connectivity index (χ1n) is 8.74. The molecular weight excluding hydrogens is 382 g/mol. The molecule has 1 aliphatic rings. The molecule has 0 N–H and O–H groups in total. The zero-order valence-electron chi connectivity index (χ0n) is 15.4. The number of benzene rings is 2. The van der Waals surface area contributed by atoms with Gasteiger partial charge in [-0.2, -0.15) is 0 Å². The van der Waals surface area contributed by atoms with E-state index in [2.05, 4.69) is 23.7 Å².